The fourth-order valence-electron chi connectivity index (χ4n) is 3.59. The monoisotopic (exact) mass is 276 g/mol. The van der Waals surface area contributed by atoms with Crippen molar-refractivity contribution in [2.24, 2.45) is 5.92 Å². The maximum Gasteiger partial charge on any atom is 0.120 e. The summed E-state index contributed by atoms with van der Waals surface area (Å²) in [5.74, 6) is 1.93. The van der Waals surface area contributed by atoms with Crippen molar-refractivity contribution in [2.75, 3.05) is 26.7 Å². The molecular formula is C16H24N2O2. The first-order valence-electron chi connectivity index (χ1n) is 7.53. The average Bonchev–Trinajstić information content (AvgIpc) is 2.91. The average molecular weight is 276 g/mol. The molecule has 4 nitrogen and oxygen atoms in total. The van der Waals surface area contributed by atoms with E-state index in [9.17, 15) is 5.11 Å². The second-order valence-corrected chi connectivity index (χ2v) is 6.02. The molecule has 2 heterocycles. The van der Waals surface area contributed by atoms with Crippen molar-refractivity contribution in [3.05, 3.63) is 23.8 Å². The van der Waals surface area contributed by atoms with Crippen LogP contribution in [0.2, 0.25) is 0 Å². The molecule has 3 atom stereocenters. The van der Waals surface area contributed by atoms with E-state index in [2.05, 4.69) is 17.1 Å². The number of phenols is 1. The van der Waals surface area contributed by atoms with Crippen LogP contribution in [0, 0.1) is 5.92 Å². The molecule has 110 valence electrons. The Kier molecular flexibility index (Phi) is 3.85. The van der Waals surface area contributed by atoms with Gasteiger partial charge in [-0.3, -0.25) is 4.90 Å². The third-order valence-corrected chi connectivity index (χ3v) is 4.86. The van der Waals surface area contributed by atoms with E-state index in [1.54, 1.807) is 19.2 Å². The second kappa shape index (κ2) is 5.62. The van der Waals surface area contributed by atoms with E-state index in [0.29, 0.717) is 11.8 Å². The molecule has 0 aromatic heterocycles. The Morgan fingerprint density at radius 3 is 3.00 bits per heavy atom. The van der Waals surface area contributed by atoms with Gasteiger partial charge in [0.1, 0.15) is 11.5 Å². The first-order chi connectivity index (χ1) is 9.69. The van der Waals surface area contributed by atoms with E-state index in [1.165, 1.54) is 12.8 Å². The fourth-order valence-corrected chi connectivity index (χ4v) is 3.59. The number of hydrogen-bond donors (Lipinski definition) is 2. The predicted octanol–water partition coefficient (Wildman–Crippen LogP) is 2.15. The smallest absolute Gasteiger partial charge is 0.120 e. The van der Waals surface area contributed by atoms with Gasteiger partial charge in [0, 0.05) is 30.7 Å². The summed E-state index contributed by atoms with van der Waals surface area (Å²) in [5.41, 5.74) is 0.961. The Morgan fingerprint density at radius 2 is 2.25 bits per heavy atom. The highest BCUT2D eigenvalue weighted by Crippen LogP contribution is 2.36. The van der Waals surface area contributed by atoms with Crippen molar-refractivity contribution in [2.45, 2.75) is 31.8 Å². The molecule has 20 heavy (non-hydrogen) atoms. The van der Waals surface area contributed by atoms with Gasteiger partial charge in [0.05, 0.1) is 7.11 Å². The van der Waals surface area contributed by atoms with Crippen LogP contribution in [0.1, 0.15) is 31.4 Å². The fraction of sp³-hybridized carbons (Fsp3) is 0.625. The van der Waals surface area contributed by atoms with Crippen molar-refractivity contribution in [1.29, 1.82) is 0 Å². The molecule has 3 unspecified atom stereocenters. The largest absolute Gasteiger partial charge is 0.508 e. The number of methoxy groups -OCH3 is 1. The zero-order valence-electron chi connectivity index (χ0n) is 12.3. The van der Waals surface area contributed by atoms with Crippen molar-refractivity contribution in [1.82, 2.24) is 10.2 Å². The molecule has 0 aliphatic carbocycles. The maximum absolute atomic E-state index is 10.1. The molecule has 2 fully saturated rings. The first-order valence-corrected chi connectivity index (χ1v) is 7.53. The van der Waals surface area contributed by atoms with E-state index in [1.807, 2.05) is 6.07 Å². The molecule has 4 heteroatoms. The molecule has 1 aromatic rings. The highest BCUT2D eigenvalue weighted by atomic mass is 16.5. The lowest BCUT2D eigenvalue weighted by Gasteiger charge is -2.25. The Bertz CT molecular complexity index is 464. The van der Waals surface area contributed by atoms with Crippen LogP contribution >= 0.6 is 0 Å². The van der Waals surface area contributed by atoms with Crippen LogP contribution in [-0.2, 0) is 0 Å². The molecule has 0 bridgehead atoms. The third kappa shape index (κ3) is 2.50. The van der Waals surface area contributed by atoms with E-state index in [0.717, 1.165) is 36.9 Å². The summed E-state index contributed by atoms with van der Waals surface area (Å²) in [6.45, 7) is 5.51. The summed E-state index contributed by atoms with van der Waals surface area (Å²) in [6, 6.07) is 6.33. The number of nitrogens with one attached hydrogen (secondary N) is 1. The Morgan fingerprint density at radius 1 is 1.40 bits per heavy atom. The highest BCUT2D eigenvalue weighted by Gasteiger charge is 2.36. The van der Waals surface area contributed by atoms with Crippen LogP contribution < -0.4 is 10.1 Å². The van der Waals surface area contributed by atoms with Gasteiger partial charge in [0.25, 0.3) is 0 Å². The van der Waals surface area contributed by atoms with Crippen LogP contribution in [0.15, 0.2) is 18.2 Å². The lowest BCUT2D eigenvalue weighted by atomic mass is 9.94. The van der Waals surface area contributed by atoms with Crippen molar-refractivity contribution in [3.8, 4) is 11.5 Å². The molecule has 2 aliphatic rings. The summed E-state index contributed by atoms with van der Waals surface area (Å²) in [6.07, 6.45) is 2.61. The van der Waals surface area contributed by atoms with Crippen LogP contribution in [0.25, 0.3) is 0 Å². The van der Waals surface area contributed by atoms with Gasteiger partial charge < -0.3 is 15.2 Å². The standard InChI is InChI=1S/C16H24N2O2/c1-11(14-8-13(20-2)5-6-16(14)19)18-9-12-4-3-7-17-15(12)10-18/h5-6,8,11-12,15,17,19H,3-4,7,9-10H2,1-2H3. The lowest BCUT2D eigenvalue weighted by Crippen LogP contribution is -2.40. The third-order valence-electron chi connectivity index (χ3n) is 4.86. The summed E-state index contributed by atoms with van der Waals surface area (Å²) in [7, 11) is 1.66. The van der Waals surface area contributed by atoms with E-state index >= 15 is 0 Å². The van der Waals surface area contributed by atoms with Crippen molar-refractivity contribution < 1.29 is 9.84 Å². The van der Waals surface area contributed by atoms with Crippen LogP contribution in [0.4, 0.5) is 0 Å². The number of benzene rings is 1. The number of ether oxygens (including phenoxy) is 1. The normalized spacial score (nSPS) is 28.1. The van der Waals surface area contributed by atoms with E-state index in [-0.39, 0.29) is 6.04 Å². The lowest BCUT2D eigenvalue weighted by molar-refractivity contribution is 0.245. The van der Waals surface area contributed by atoms with Crippen LogP contribution in [0.3, 0.4) is 0 Å². The number of nitrogens with zero attached hydrogens (tertiary/aromatic N) is 1. The Labute approximate surface area is 120 Å². The quantitative estimate of drug-likeness (QED) is 0.888. The van der Waals surface area contributed by atoms with Gasteiger partial charge in [-0.2, -0.15) is 0 Å². The molecule has 1 aromatic carbocycles. The topological polar surface area (TPSA) is 44.7 Å². The van der Waals surface area contributed by atoms with Gasteiger partial charge in [0.2, 0.25) is 0 Å². The summed E-state index contributed by atoms with van der Waals surface area (Å²) >= 11 is 0. The zero-order chi connectivity index (χ0) is 14.1. The summed E-state index contributed by atoms with van der Waals surface area (Å²) in [4.78, 5) is 2.47. The molecule has 2 N–H and O–H groups in total. The minimum Gasteiger partial charge on any atom is -0.508 e. The Hall–Kier alpha value is -1.26. The molecule has 0 spiro atoms. The second-order valence-electron chi connectivity index (χ2n) is 6.02. The van der Waals surface area contributed by atoms with E-state index in [4.69, 9.17) is 4.74 Å². The van der Waals surface area contributed by atoms with Gasteiger partial charge in [-0.15, -0.1) is 0 Å². The van der Waals surface area contributed by atoms with Crippen molar-refractivity contribution in [3.63, 3.8) is 0 Å². The number of piperidine rings is 1. The van der Waals surface area contributed by atoms with Gasteiger partial charge >= 0.3 is 0 Å². The SMILES string of the molecule is COc1ccc(O)c(C(C)N2CC3CCCNC3C2)c1. The van der Waals surface area contributed by atoms with Gasteiger partial charge in [0.15, 0.2) is 0 Å². The summed E-state index contributed by atoms with van der Waals surface area (Å²) < 4.78 is 5.28. The zero-order valence-corrected chi connectivity index (χ0v) is 12.3. The predicted molar refractivity (Wildman–Crippen MR) is 79.2 cm³/mol. The maximum atomic E-state index is 10.1. The number of phenolic OH excluding ortho intramolecular Hbond substituents is 1. The minimum absolute atomic E-state index is 0.220. The van der Waals surface area contributed by atoms with Gasteiger partial charge in [-0.1, -0.05) is 0 Å². The molecule has 0 saturated carbocycles. The molecular weight excluding hydrogens is 252 g/mol. The Balaban J connectivity index is 1.77. The minimum atomic E-state index is 0.220. The van der Waals surface area contributed by atoms with Crippen molar-refractivity contribution >= 4 is 0 Å². The van der Waals surface area contributed by atoms with Crippen LogP contribution in [-0.4, -0.2) is 42.8 Å². The molecule has 0 amide bonds. The van der Waals surface area contributed by atoms with Crippen LogP contribution in [0.5, 0.6) is 11.5 Å². The first kappa shape index (κ1) is 13.7. The molecule has 3 rings (SSSR count). The van der Waals surface area contributed by atoms with E-state index < -0.39 is 0 Å². The highest BCUT2D eigenvalue weighted by molar-refractivity contribution is 5.41. The summed E-state index contributed by atoms with van der Waals surface area (Å²) in [5, 5.41) is 13.7. The number of likely N-dealkylation sites (tertiary alicyclic amines) is 1. The van der Waals surface area contributed by atoms with Gasteiger partial charge in [-0.05, 0) is 50.4 Å². The molecule has 2 saturated heterocycles. The molecule has 0 radical (unpaired) electrons. The number of rotatable bonds is 3. The molecule has 2 aliphatic heterocycles. The number of aromatic hydroxyl groups is 1. The van der Waals surface area contributed by atoms with Gasteiger partial charge in [-0.25, -0.2) is 0 Å². The number of hydrogen-bond acceptors (Lipinski definition) is 4. The number of fused-ring (bicyclic) bond motifs is 1.